The summed E-state index contributed by atoms with van der Waals surface area (Å²) >= 11 is 0. The first-order chi connectivity index (χ1) is 12.1. The number of hydrogen-bond donors (Lipinski definition) is 2. The van der Waals surface area contributed by atoms with Gasteiger partial charge in [-0.3, -0.25) is 9.59 Å². The quantitative estimate of drug-likeness (QED) is 0.678. The number of aliphatic carboxylic acids is 1. The molecule has 5 nitrogen and oxygen atoms in total. The predicted molar refractivity (Wildman–Crippen MR) is 96.7 cm³/mol. The fourth-order valence-electron chi connectivity index (χ4n) is 3.22. The van der Waals surface area contributed by atoms with E-state index in [0.717, 1.165) is 30.6 Å². The summed E-state index contributed by atoms with van der Waals surface area (Å²) in [6.45, 7) is 2.14. The van der Waals surface area contributed by atoms with Gasteiger partial charge in [-0.25, -0.2) is 0 Å². The minimum atomic E-state index is -0.848. The Morgan fingerprint density at radius 3 is 2.76 bits per heavy atom. The molecule has 1 atom stereocenters. The van der Waals surface area contributed by atoms with Crippen LogP contribution in [0.25, 0.3) is 0 Å². The number of carboxylic acids is 1. The van der Waals surface area contributed by atoms with Gasteiger partial charge >= 0.3 is 5.97 Å². The smallest absolute Gasteiger partial charge is 0.308 e. The topological polar surface area (TPSA) is 75.6 Å². The summed E-state index contributed by atoms with van der Waals surface area (Å²) in [5.74, 6) is -0.584. The molecule has 0 aliphatic heterocycles. The maximum atomic E-state index is 12.0. The van der Waals surface area contributed by atoms with Gasteiger partial charge in [0.15, 0.2) is 0 Å². The van der Waals surface area contributed by atoms with Gasteiger partial charge in [-0.05, 0) is 56.2 Å². The third-order valence-corrected chi connectivity index (χ3v) is 4.68. The standard InChI is InChI=1S/C20H29NO4/c1-2-6-16(20(23)24)14-21-19(22)12-11-15-7-5-10-18(13-15)25-17-8-3-4-9-17/h5,7,10,13,16-17H,2-4,6,8-9,11-12,14H2,1H3,(H,21,22)(H,23,24). The summed E-state index contributed by atoms with van der Waals surface area (Å²) in [4.78, 5) is 23.1. The maximum Gasteiger partial charge on any atom is 0.308 e. The zero-order chi connectivity index (χ0) is 18.1. The predicted octanol–water partition coefficient (Wildman–Crippen LogP) is 3.56. The van der Waals surface area contributed by atoms with Crippen molar-refractivity contribution in [1.29, 1.82) is 0 Å². The normalized spacial score (nSPS) is 15.7. The lowest BCUT2D eigenvalue weighted by Gasteiger charge is -2.14. The molecule has 5 heteroatoms. The van der Waals surface area contributed by atoms with E-state index < -0.39 is 11.9 Å². The number of rotatable bonds is 10. The molecule has 0 bridgehead atoms. The van der Waals surface area contributed by atoms with E-state index in [1.807, 2.05) is 31.2 Å². The zero-order valence-electron chi connectivity index (χ0n) is 15.0. The Labute approximate surface area is 149 Å². The van der Waals surface area contributed by atoms with Crippen molar-refractivity contribution in [2.75, 3.05) is 6.54 Å². The molecule has 0 heterocycles. The number of hydrogen-bond acceptors (Lipinski definition) is 3. The highest BCUT2D eigenvalue weighted by Gasteiger charge is 2.18. The SMILES string of the molecule is CCCC(CNC(=O)CCc1cccc(OC2CCCC2)c1)C(=O)O. The number of nitrogens with one attached hydrogen (secondary N) is 1. The van der Waals surface area contributed by atoms with Gasteiger partial charge < -0.3 is 15.2 Å². The molecule has 1 aliphatic rings. The molecule has 1 unspecified atom stereocenters. The van der Waals surface area contributed by atoms with Gasteiger partial charge in [0.05, 0.1) is 12.0 Å². The Morgan fingerprint density at radius 2 is 2.08 bits per heavy atom. The molecule has 2 N–H and O–H groups in total. The molecule has 25 heavy (non-hydrogen) atoms. The molecule has 1 amide bonds. The van der Waals surface area contributed by atoms with Gasteiger partial charge in [-0.2, -0.15) is 0 Å². The van der Waals surface area contributed by atoms with Crippen molar-refractivity contribution in [2.45, 2.75) is 64.4 Å². The van der Waals surface area contributed by atoms with Crippen LogP contribution in [0.2, 0.25) is 0 Å². The molecular weight excluding hydrogens is 318 g/mol. The monoisotopic (exact) mass is 347 g/mol. The van der Waals surface area contributed by atoms with Crippen LogP contribution < -0.4 is 10.1 Å². The molecule has 1 aliphatic carbocycles. The van der Waals surface area contributed by atoms with E-state index in [1.165, 1.54) is 12.8 Å². The number of benzene rings is 1. The lowest BCUT2D eigenvalue weighted by Crippen LogP contribution is -2.33. The number of carboxylic acid groups (broad SMARTS) is 1. The molecular formula is C20H29NO4. The van der Waals surface area contributed by atoms with Crippen molar-refractivity contribution in [3.8, 4) is 5.75 Å². The van der Waals surface area contributed by atoms with Crippen molar-refractivity contribution in [1.82, 2.24) is 5.32 Å². The first kappa shape index (κ1) is 19.3. The van der Waals surface area contributed by atoms with E-state index in [4.69, 9.17) is 9.84 Å². The molecule has 0 radical (unpaired) electrons. The minimum Gasteiger partial charge on any atom is -0.490 e. The molecule has 2 rings (SSSR count). The van der Waals surface area contributed by atoms with Crippen LogP contribution in [0, 0.1) is 5.92 Å². The van der Waals surface area contributed by atoms with Crippen LogP contribution in [0.3, 0.4) is 0 Å². The Bertz CT molecular complexity index is 567. The highest BCUT2D eigenvalue weighted by molar-refractivity contribution is 5.77. The van der Waals surface area contributed by atoms with Crippen molar-refractivity contribution < 1.29 is 19.4 Å². The van der Waals surface area contributed by atoms with E-state index in [9.17, 15) is 9.59 Å². The van der Waals surface area contributed by atoms with Gasteiger partial charge in [0.1, 0.15) is 5.75 Å². The average Bonchev–Trinajstić information content (AvgIpc) is 3.09. The van der Waals surface area contributed by atoms with Crippen molar-refractivity contribution in [3.05, 3.63) is 29.8 Å². The van der Waals surface area contributed by atoms with Gasteiger partial charge in [0.25, 0.3) is 0 Å². The lowest BCUT2D eigenvalue weighted by molar-refractivity contribution is -0.141. The lowest BCUT2D eigenvalue weighted by atomic mass is 10.0. The van der Waals surface area contributed by atoms with Gasteiger partial charge in [0.2, 0.25) is 5.91 Å². The fraction of sp³-hybridized carbons (Fsp3) is 0.600. The zero-order valence-corrected chi connectivity index (χ0v) is 15.0. The maximum absolute atomic E-state index is 12.0. The van der Waals surface area contributed by atoms with Crippen LogP contribution in [0.4, 0.5) is 0 Å². The van der Waals surface area contributed by atoms with Crippen molar-refractivity contribution in [3.63, 3.8) is 0 Å². The van der Waals surface area contributed by atoms with Crippen LogP contribution in [-0.2, 0) is 16.0 Å². The van der Waals surface area contributed by atoms with Crippen LogP contribution in [-0.4, -0.2) is 29.6 Å². The highest BCUT2D eigenvalue weighted by atomic mass is 16.5. The molecule has 1 saturated carbocycles. The van der Waals surface area contributed by atoms with Crippen LogP contribution in [0.15, 0.2) is 24.3 Å². The first-order valence-corrected chi connectivity index (χ1v) is 9.33. The molecule has 138 valence electrons. The Balaban J connectivity index is 1.76. The summed E-state index contributed by atoms with van der Waals surface area (Å²) in [6.07, 6.45) is 7.39. The Morgan fingerprint density at radius 1 is 1.32 bits per heavy atom. The third kappa shape index (κ3) is 6.77. The largest absolute Gasteiger partial charge is 0.490 e. The van der Waals surface area contributed by atoms with E-state index >= 15 is 0 Å². The molecule has 1 aromatic rings. The number of carbonyl (C=O) groups is 2. The summed E-state index contributed by atoms with van der Waals surface area (Å²) in [5.41, 5.74) is 1.06. The average molecular weight is 347 g/mol. The van der Waals surface area contributed by atoms with E-state index in [0.29, 0.717) is 25.4 Å². The summed E-state index contributed by atoms with van der Waals surface area (Å²) in [7, 11) is 0. The second-order valence-electron chi connectivity index (χ2n) is 6.80. The minimum absolute atomic E-state index is 0.107. The summed E-state index contributed by atoms with van der Waals surface area (Å²) < 4.78 is 5.99. The molecule has 1 fully saturated rings. The Hall–Kier alpha value is -2.04. The van der Waals surface area contributed by atoms with Crippen molar-refractivity contribution in [2.24, 2.45) is 5.92 Å². The first-order valence-electron chi connectivity index (χ1n) is 9.33. The molecule has 0 aromatic heterocycles. The van der Waals surface area contributed by atoms with Crippen LogP contribution >= 0.6 is 0 Å². The van der Waals surface area contributed by atoms with Gasteiger partial charge in [-0.1, -0.05) is 25.5 Å². The fourth-order valence-corrected chi connectivity index (χ4v) is 3.22. The van der Waals surface area contributed by atoms with Gasteiger partial charge in [-0.15, -0.1) is 0 Å². The summed E-state index contributed by atoms with van der Waals surface area (Å²) in [6, 6.07) is 7.91. The second kappa shape index (κ2) is 10.1. The number of ether oxygens (including phenoxy) is 1. The van der Waals surface area contributed by atoms with Gasteiger partial charge in [0, 0.05) is 13.0 Å². The molecule has 0 spiro atoms. The van der Waals surface area contributed by atoms with E-state index in [2.05, 4.69) is 5.32 Å². The summed E-state index contributed by atoms with van der Waals surface area (Å²) in [5, 5.41) is 11.8. The molecule has 0 saturated heterocycles. The third-order valence-electron chi connectivity index (χ3n) is 4.68. The van der Waals surface area contributed by atoms with Crippen LogP contribution in [0.5, 0.6) is 5.75 Å². The molecule has 1 aromatic carbocycles. The van der Waals surface area contributed by atoms with Crippen LogP contribution in [0.1, 0.15) is 57.4 Å². The Kier molecular flexibility index (Phi) is 7.76. The number of amides is 1. The van der Waals surface area contributed by atoms with E-state index in [-0.39, 0.29) is 12.5 Å². The number of carbonyl (C=O) groups excluding carboxylic acids is 1. The van der Waals surface area contributed by atoms with E-state index in [1.54, 1.807) is 0 Å². The highest BCUT2D eigenvalue weighted by Crippen LogP contribution is 2.24. The van der Waals surface area contributed by atoms with Crippen molar-refractivity contribution >= 4 is 11.9 Å². The second-order valence-corrected chi connectivity index (χ2v) is 6.80. The number of aryl methyl sites for hydroxylation is 1.